The highest BCUT2D eigenvalue weighted by molar-refractivity contribution is 7.80. The SMILES string of the molecule is Cc1cc(C(N)=S)nc(NC(C)(C)c2nccs2)n1. The number of rotatable bonds is 4. The van der Waals surface area contributed by atoms with Crippen LogP contribution in [0.2, 0.25) is 0 Å². The molecule has 0 spiro atoms. The van der Waals surface area contributed by atoms with Gasteiger partial charge in [-0.3, -0.25) is 0 Å². The number of nitrogens with one attached hydrogen (secondary N) is 1. The van der Waals surface area contributed by atoms with E-state index >= 15 is 0 Å². The molecule has 0 fully saturated rings. The second-order valence-electron chi connectivity index (χ2n) is 4.67. The molecular formula is C12H15N5S2. The Bertz CT molecular complexity index is 592. The number of aryl methyl sites for hydroxylation is 1. The summed E-state index contributed by atoms with van der Waals surface area (Å²) in [5.74, 6) is 0.503. The van der Waals surface area contributed by atoms with Gasteiger partial charge in [-0.15, -0.1) is 11.3 Å². The first kappa shape index (κ1) is 13.8. The first-order valence-electron chi connectivity index (χ1n) is 5.72. The van der Waals surface area contributed by atoms with Gasteiger partial charge in [-0.1, -0.05) is 12.2 Å². The summed E-state index contributed by atoms with van der Waals surface area (Å²) in [6, 6.07) is 1.77. The largest absolute Gasteiger partial charge is 0.388 e. The first-order chi connectivity index (χ1) is 8.88. The molecule has 2 aromatic heterocycles. The Kier molecular flexibility index (Phi) is 3.77. The van der Waals surface area contributed by atoms with Crippen LogP contribution < -0.4 is 11.1 Å². The van der Waals surface area contributed by atoms with E-state index in [2.05, 4.69) is 20.3 Å². The van der Waals surface area contributed by atoms with Crippen LogP contribution in [0.3, 0.4) is 0 Å². The molecule has 0 aliphatic carbocycles. The fraction of sp³-hybridized carbons (Fsp3) is 0.333. The maximum Gasteiger partial charge on any atom is 0.224 e. The quantitative estimate of drug-likeness (QED) is 0.842. The minimum absolute atomic E-state index is 0.264. The minimum atomic E-state index is -0.352. The highest BCUT2D eigenvalue weighted by Crippen LogP contribution is 2.25. The average Bonchev–Trinajstić information content (AvgIpc) is 2.81. The molecule has 0 unspecified atom stereocenters. The van der Waals surface area contributed by atoms with Crippen LogP contribution in [-0.2, 0) is 5.54 Å². The van der Waals surface area contributed by atoms with Gasteiger partial charge in [0.15, 0.2) is 0 Å². The molecule has 100 valence electrons. The third kappa shape index (κ3) is 3.24. The number of thiocarbonyl (C=S) groups is 1. The van der Waals surface area contributed by atoms with Crippen molar-refractivity contribution in [3.8, 4) is 0 Å². The maximum absolute atomic E-state index is 5.61. The molecule has 19 heavy (non-hydrogen) atoms. The van der Waals surface area contributed by atoms with E-state index in [0.717, 1.165) is 10.7 Å². The fourth-order valence-electron chi connectivity index (χ4n) is 1.62. The number of hydrogen-bond acceptors (Lipinski definition) is 6. The van der Waals surface area contributed by atoms with E-state index < -0.39 is 0 Å². The smallest absolute Gasteiger partial charge is 0.224 e. The lowest BCUT2D eigenvalue weighted by Crippen LogP contribution is -2.29. The predicted molar refractivity (Wildman–Crippen MR) is 81.4 cm³/mol. The van der Waals surface area contributed by atoms with Crippen LogP contribution in [0.1, 0.15) is 30.2 Å². The summed E-state index contributed by atoms with van der Waals surface area (Å²) in [5, 5.41) is 6.18. The number of anilines is 1. The van der Waals surface area contributed by atoms with E-state index in [1.165, 1.54) is 0 Å². The van der Waals surface area contributed by atoms with Crippen molar-refractivity contribution in [2.45, 2.75) is 26.3 Å². The van der Waals surface area contributed by atoms with E-state index in [4.69, 9.17) is 18.0 Å². The first-order valence-corrected chi connectivity index (χ1v) is 7.01. The van der Waals surface area contributed by atoms with Gasteiger partial charge in [-0.05, 0) is 26.8 Å². The monoisotopic (exact) mass is 293 g/mol. The molecule has 0 saturated heterocycles. The lowest BCUT2D eigenvalue weighted by atomic mass is 10.1. The van der Waals surface area contributed by atoms with E-state index in [-0.39, 0.29) is 10.5 Å². The van der Waals surface area contributed by atoms with Gasteiger partial charge in [-0.25, -0.2) is 15.0 Å². The summed E-state index contributed by atoms with van der Waals surface area (Å²) in [7, 11) is 0. The number of nitrogens with zero attached hydrogens (tertiary/aromatic N) is 3. The highest BCUT2D eigenvalue weighted by atomic mass is 32.1. The number of thiazole rings is 1. The molecular weight excluding hydrogens is 278 g/mol. The maximum atomic E-state index is 5.61. The zero-order valence-corrected chi connectivity index (χ0v) is 12.6. The van der Waals surface area contributed by atoms with E-state index in [0.29, 0.717) is 11.6 Å². The summed E-state index contributed by atoms with van der Waals surface area (Å²) >= 11 is 6.54. The van der Waals surface area contributed by atoms with Crippen molar-refractivity contribution in [1.82, 2.24) is 15.0 Å². The Balaban J connectivity index is 2.31. The molecule has 0 radical (unpaired) electrons. The Morgan fingerprint density at radius 1 is 1.42 bits per heavy atom. The van der Waals surface area contributed by atoms with Gasteiger partial charge in [0.1, 0.15) is 15.7 Å². The van der Waals surface area contributed by atoms with Crippen molar-refractivity contribution in [2.24, 2.45) is 5.73 Å². The van der Waals surface area contributed by atoms with Crippen molar-refractivity contribution in [2.75, 3.05) is 5.32 Å². The summed E-state index contributed by atoms with van der Waals surface area (Å²) < 4.78 is 0. The summed E-state index contributed by atoms with van der Waals surface area (Å²) in [6.07, 6.45) is 1.78. The normalized spacial score (nSPS) is 11.3. The van der Waals surface area contributed by atoms with Crippen LogP contribution in [0, 0.1) is 6.92 Å². The molecule has 7 heteroatoms. The second-order valence-corrected chi connectivity index (χ2v) is 6.00. The summed E-state index contributed by atoms with van der Waals surface area (Å²) in [6.45, 7) is 5.93. The van der Waals surface area contributed by atoms with Crippen LogP contribution in [0.5, 0.6) is 0 Å². The van der Waals surface area contributed by atoms with Gasteiger partial charge in [0.05, 0.1) is 5.54 Å². The highest BCUT2D eigenvalue weighted by Gasteiger charge is 2.24. The second kappa shape index (κ2) is 5.18. The molecule has 0 aliphatic heterocycles. The molecule has 0 saturated carbocycles. The topological polar surface area (TPSA) is 76.7 Å². The summed E-state index contributed by atoms with van der Waals surface area (Å²) in [4.78, 5) is 13.2. The van der Waals surface area contributed by atoms with Gasteiger partial charge in [0, 0.05) is 17.3 Å². The molecule has 2 heterocycles. The fourth-order valence-corrected chi connectivity index (χ4v) is 2.44. The molecule has 0 aromatic carbocycles. The van der Waals surface area contributed by atoms with Crippen molar-refractivity contribution in [3.05, 3.63) is 34.0 Å². The Morgan fingerprint density at radius 3 is 2.74 bits per heavy atom. The van der Waals surface area contributed by atoms with Crippen molar-refractivity contribution in [3.63, 3.8) is 0 Å². The van der Waals surface area contributed by atoms with Gasteiger partial charge < -0.3 is 11.1 Å². The van der Waals surface area contributed by atoms with Crippen LogP contribution in [-0.4, -0.2) is 19.9 Å². The van der Waals surface area contributed by atoms with Gasteiger partial charge >= 0.3 is 0 Å². The zero-order chi connectivity index (χ0) is 14.0. The Labute approximate surface area is 121 Å². The zero-order valence-electron chi connectivity index (χ0n) is 11.0. The van der Waals surface area contributed by atoms with Gasteiger partial charge in [0.2, 0.25) is 5.95 Å². The van der Waals surface area contributed by atoms with Crippen LogP contribution >= 0.6 is 23.6 Å². The standard InChI is InChI=1S/C12H15N5S2/c1-7-6-8(9(13)18)16-11(15-7)17-12(2,3)10-14-4-5-19-10/h4-6H,1-3H3,(H2,13,18)(H,15,16,17). The average molecular weight is 293 g/mol. The van der Waals surface area contributed by atoms with Gasteiger partial charge in [0.25, 0.3) is 0 Å². The lowest BCUT2D eigenvalue weighted by Gasteiger charge is -2.24. The summed E-state index contributed by atoms with van der Waals surface area (Å²) in [5.41, 5.74) is 6.65. The third-order valence-corrected chi connectivity index (χ3v) is 3.80. The van der Waals surface area contributed by atoms with Crippen molar-refractivity contribution < 1.29 is 0 Å². The van der Waals surface area contributed by atoms with Crippen LogP contribution in [0.4, 0.5) is 5.95 Å². The molecule has 5 nitrogen and oxygen atoms in total. The molecule has 3 N–H and O–H groups in total. The number of nitrogens with two attached hydrogens (primary N) is 1. The predicted octanol–water partition coefficient (Wildman–Crippen LogP) is 2.22. The van der Waals surface area contributed by atoms with E-state index in [1.807, 2.05) is 26.2 Å². The Hall–Kier alpha value is -1.60. The molecule has 0 atom stereocenters. The molecule has 0 amide bonds. The minimum Gasteiger partial charge on any atom is -0.388 e. The Morgan fingerprint density at radius 2 is 2.16 bits per heavy atom. The van der Waals surface area contributed by atoms with Crippen LogP contribution in [0.15, 0.2) is 17.6 Å². The molecule has 2 rings (SSSR count). The number of aromatic nitrogens is 3. The number of hydrogen-bond donors (Lipinski definition) is 2. The molecule has 0 aliphatic rings. The van der Waals surface area contributed by atoms with E-state index in [9.17, 15) is 0 Å². The lowest BCUT2D eigenvalue weighted by molar-refractivity contribution is 0.596. The van der Waals surface area contributed by atoms with Gasteiger partial charge in [-0.2, -0.15) is 0 Å². The molecule has 2 aromatic rings. The van der Waals surface area contributed by atoms with Crippen molar-refractivity contribution in [1.29, 1.82) is 0 Å². The van der Waals surface area contributed by atoms with Crippen molar-refractivity contribution >= 4 is 34.5 Å². The van der Waals surface area contributed by atoms with E-state index in [1.54, 1.807) is 23.6 Å². The molecule has 0 bridgehead atoms. The third-order valence-electron chi connectivity index (χ3n) is 2.50. The van der Waals surface area contributed by atoms with Crippen LogP contribution in [0.25, 0.3) is 0 Å².